The van der Waals surface area contributed by atoms with Crippen molar-refractivity contribution in [3.8, 4) is 56.1 Å². The summed E-state index contributed by atoms with van der Waals surface area (Å²) in [6.07, 6.45) is 5.51. The second-order valence-corrected chi connectivity index (χ2v) is 14.8. The Hall–Kier alpha value is -6.59. The van der Waals surface area contributed by atoms with Crippen LogP contribution in [0.5, 0.6) is 11.5 Å². The Morgan fingerprint density at radius 3 is 1.98 bits per heavy atom. The maximum atomic E-state index is 12.4. The zero-order valence-electron chi connectivity index (χ0n) is 30.0. The van der Waals surface area contributed by atoms with E-state index in [1.807, 2.05) is 18.2 Å². The molecule has 3 aliphatic rings. The Morgan fingerprint density at radius 1 is 0.593 bits per heavy atom. The summed E-state index contributed by atoms with van der Waals surface area (Å²) in [5.41, 5.74) is 13.4. The molecular formula is C49H36NO4+. The van der Waals surface area contributed by atoms with E-state index in [9.17, 15) is 19.8 Å². The number of aldehydes is 2. The largest absolute Gasteiger partial charge is 0.504 e. The zero-order chi connectivity index (χ0) is 37.1. The van der Waals surface area contributed by atoms with Gasteiger partial charge < -0.3 is 10.2 Å². The lowest BCUT2D eigenvalue weighted by molar-refractivity contribution is -0.740. The van der Waals surface area contributed by atoms with Gasteiger partial charge in [0.15, 0.2) is 35.8 Å². The highest BCUT2D eigenvalue weighted by Gasteiger charge is 2.53. The molecule has 0 radical (unpaired) electrons. The highest BCUT2D eigenvalue weighted by molar-refractivity contribution is 6.02. The molecule has 5 nitrogen and oxygen atoms in total. The number of phenols is 2. The first kappa shape index (κ1) is 32.1. The Bertz CT molecular complexity index is 2840. The lowest BCUT2D eigenvalue weighted by Crippen LogP contribution is -2.59. The fourth-order valence-corrected chi connectivity index (χ4v) is 10.1. The number of phenolic OH excluding ortho intramolecular Hbond substituents is 2. The van der Waals surface area contributed by atoms with Gasteiger partial charge in [0, 0.05) is 35.6 Å². The van der Waals surface area contributed by atoms with Crippen molar-refractivity contribution in [3.63, 3.8) is 0 Å². The molecule has 1 aromatic heterocycles. The third-order valence-electron chi connectivity index (χ3n) is 12.7. The van der Waals surface area contributed by atoms with Gasteiger partial charge in [0.1, 0.15) is 0 Å². The number of pyridine rings is 1. The minimum Gasteiger partial charge on any atom is -0.504 e. The van der Waals surface area contributed by atoms with Crippen molar-refractivity contribution in [2.45, 2.75) is 37.6 Å². The van der Waals surface area contributed by atoms with Crippen molar-refractivity contribution in [3.05, 3.63) is 167 Å². The topological polar surface area (TPSA) is 78.5 Å². The Labute approximate surface area is 313 Å². The van der Waals surface area contributed by atoms with Crippen LogP contribution in [0.2, 0.25) is 0 Å². The van der Waals surface area contributed by atoms with E-state index in [2.05, 4.69) is 103 Å². The quantitative estimate of drug-likeness (QED) is 0.106. The molecule has 2 aliphatic carbocycles. The first-order chi connectivity index (χ1) is 26.3. The number of allylic oxidation sites excluding steroid dienone is 1. The maximum Gasteiger partial charge on any atom is 0.221 e. The minimum atomic E-state index is -0.898. The van der Waals surface area contributed by atoms with Crippen LogP contribution in [0.15, 0.2) is 128 Å². The highest BCUT2D eigenvalue weighted by atomic mass is 16.3. The van der Waals surface area contributed by atoms with Crippen LogP contribution < -0.4 is 4.57 Å². The number of carbonyl (C=O) groups is 2. The Kier molecular flexibility index (Phi) is 6.66. The SMILES string of the molecule is C=C1c2ccc(-c3ccc4c(c3)-c3ccccc3C43c4cc(O)c(O)cc4-c4cc(C=O)c(C=O)cc43)cc2-c2c3ccccc3cc[n+]2C1(CC)CC. The molecule has 0 bridgehead atoms. The maximum absolute atomic E-state index is 12.4. The number of benzene rings is 6. The van der Waals surface area contributed by atoms with Crippen LogP contribution in [0.25, 0.3) is 61.0 Å². The molecule has 0 saturated carbocycles. The van der Waals surface area contributed by atoms with E-state index in [1.165, 1.54) is 22.0 Å². The molecule has 260 valence electrons. The van der Waals surface area contributed by atoms with Gasteiger partial charge in [-0.3, -0.25) is 9.59 Å². The van der Waals surface area contributed by atoms with E-state index in [0.29, 0.717) is 17.4 Å². The number of fused-ring (bicyclic) bond motifs is 15. The Balaban J connectivity index is 1.22. The molecule has 6 aromatic carbocycles. The van der Waals surface area contributed by atoms with Crippen LogP contribution >= 0.6 is 0 Å². The van der Waals surface area contributed by atoms with E-state index in [4.69, 9.17) is 6.58 Å². The van der Waals surface area contributed by atoms with E-state index in [1.54, 1.807) is 18.2 Å². The van der Waals surface area contributed by atoms with Gasteiger partial charge >= 0.3 is 0 Å². The van der Waals surface area contributed by atoms with Gasteiger partial charge in [-0.2, -0.15) is 4.57 Å². The van der Waals surface area contributed by atoms with Crippen LogP contribution in [-0.2, 0) is 11.0 Å². The lowest BCUT2D eigenvalue weighted by atomic mass is 9.70. The monoisotopic (exact) mass is 702 g/mol. The molecule has 5 heteroatoms. The number of carbonyl (C=O) groups excluding carboxylic acids is 2. The van der Waals surface area contributed by atoms with Crippen LogP contribution in [0.3, 0.4) is 0 Å². The second-order valence-electron chi connectivity index (χ2n) is 14.8. The molecule has 1 atom stereocenters. The predicted molar refractivity (Wildman–Crippen MR) is 213 cm³/mol. The van der Waals surface area contributed by atoms with Crippen molar-refractivity contribution in [2.75, 3.05) is 0 Å². The fourth-order valence-electron chi connectivity index (χ4n) is 10.1. The molecule has 54 heavy (non-hydrogen) atoms. The van der Waals surface area contributed by atoms with Crippen molar-refractivity contribution >= 4 is 28.9 Å². The summed E-state index contributed by atoms with van der Waals surface area (Å²) in [4.78, 5) is 24.5. The highest BCUT2D eigenvalue weighted by Crippen LogP contribution is 2.64. The van der Waals surface area contributed by atoms with Crippen molar-refractivity contribution in [2.24, 2.45) is 0 Å². The molecule has 2 N–H and O–H groups in total. The number of hydrogen-bond acceptors (Lipinski definition) is 4. The third kappa shape index (κ3) is 3.86. The molecule has 7 aromatic rings. The molecule has 1 aliphatic heterocycles. The lowest BCUT2D eigenvalue weighted by Gasteiger charge is -2.35. The van der Waals surface area contributed by atoms with Gasteiger partial charge in [-0.05, 0) is 109 Å². The van der Waals surface area contributed by atoms with Gasteiger partial charge in [-0.25, -0.2) is 0 Å². The number of aromatic nitrogens is 1. The summed E-state index contributed by atoms with van der Waals surface area (Å²) < 4.78 is 2.46. The zero-order valence-corrected chi connectivity index (χ0v) is 30.0. The van der Waals surface area contributed by atoms with Gasteiger partial charge in [0.2, 0.25) is 5.69 Å². The van der Waals surface area contributed by atoms with E-state index >= 15 is 0 Å². The van der Waals surface area contributed by atoms with Gasteiger partial charge in [-0.15, -0.1) is 0 Å². The normalized spacial score (nSPS) is 16.7. The summed E-state index contributed by atoms with van der Waals surface area (Å²) >= 11 is 0. The van der Waals surface area contributed by atoms with E-state index in [-0.39, 0.29) is 22.6 Å². The Morgan fingerprint density at radius 2 is 1.20 bits per heavy atom. The molecule has 0 fully saturated rings. The molecule has 10 rings (SSSR count). The smallest absolute Gasteiger partial charge is 0.221 e. The van der Waals surface area contributed by atoms with Crippen molar-refractivity contribution < 1.29 is 24.4 Å². The summed E-state index contributed by atoms with van der Waals surface area (Å²) in [5.74, 6) is -0.477. The summed E-state index contributed by atoms with van der Waals surface area (Å²) in [6, 6.07) is 39.1. The second kappa shape index (κ2) is 11.2. The molecule has 0 saturated heterocycles. The average molecular weight is 703 g/mol. The summed E-state index contributed by atoms with van der Waals surface area (Å²) in [6.45, 7) is 9.22. The number of hydrogen-bond donors (Lipinski definition) is 2. The van der Waals surface area contributed by atoms with Crippen LogP contribution in [0.1, 0.15) is 75.2 Å². The fraction of sp³-hybridized carbons (Fsp3) is 0.122. The summed E-state index contributed by atoms with van der Waals surface area (Å²) in [5, 5.41) is 24.1. The number of aromatic hydroxyl groups is 2. The van der Waals surface area contributed by atoms with Crippen LogP contribution in [0.4, 0.5) is 0 Å². The van der Waals surface area contributed by atoms with Crippen LogP contribution in [-0.4, -0.2) is 22.8 Å². The number of nitrogens with zero attached hydrogens (tertiary/aromatic N) is 1. The molecule has 1 unspecified atom stereocenters. The molecule has 0 amide bonds. The van der Waals surface area contributed by atoms with Gasteiger partial charge in [0.25, 0.3) is 0 Å². The van der Waals surface area contributed by atoms with E-state index < -0.39 is 5.41 Å². The van der Waals surface area contributed by atoms with Crippen molar-refractivity contribution in [1.82, 2.24) is 0 Å². The van der Waals surface area contributed by atoms with Gasteiger partial charge in [0.05, 0.1) is 16.4 Å². The molecular weight excluding hydrogens is 667 g/mol. The standard InChI is InChI=1S/C49H35NO4/c1-4-48(5-2)28(3)34-16-14-30(21-40(34)47-35-11-7-6-10-29(35)18-19-50(47)48)31-15-17-42-37(20-31)36-12-8-9-13-41(36)49(42)43-23-33(27-52)32(26-51)22-38(43)39-24-45(53)46(54)25-44(39)49/h6-27H,3-5H2,1-2H3,(H-,51,52,53,54)/p+1. The average Bonchev–Trinajstić information content (AvgIpc) is 3.65. The number of rotatable bonds is 5. The van der Waals surface area contributed by atoms with E-state index in [0.717, 1.165) is 80.3 Å². The first-order valence-electron chi connectivity index (χ1n) is 18.5. The molecule has 1 spiro atoms. The van der Waals surface area contributed by atoms with Gasteiger partial charge in [-0.1, -0.05) is 87.2 Å². The first-order valence-corrected chi connectivity index (χ1v) is 18.5. The predicted octanol–water partition coefficient (Wildman–Crippen LogP) is 10.4. The van der Waals surface area contributed by atoms with Crippen molar-refractivity contribution in [1.29, 1.82) is 0 Å². The minimum absolute atomic E-state index is 0.227. The van der Waals surface area contributed by atoms with Crippen LogP contribution in [0, 0.1) is 0 Å². The summed E-state index contributed by atoms with van der Waals surface area (Å²) in [7, 11) is 0. The molecule has 2 heterocycles. The third-order valence-corrected chi connectivity index (χ3v) is 12.7.